The molecule has 24 heavy (non-hydrogen) atoms. The lowest BCUT2D eigenvalue weighted by Gasteiger charge is -2.23. The SMILES string of the molecule is CCC(C)(C)c1ccc(S(=O)(=O)NCCCc2ccccc2)cc1. The van der Waals surface area contributed by atoms with Crippen molar-refractivity contribution in [2.45, 2.75) is 50.3 Å². The van der Waals surface area contributed by atoms with Crippen molar-refractivity contribution >= 4 is 10.0 Å². The maximum atomic E-state index is 12.4. The maximum absolute atomic E-state index is 12.4. The molecule has 2 rings (SSSR count). The molecule has 0 amide bonds. The zero-order valence-electron chi connectivity index (χ0n) is 14.7. The van der Waals surface area contributed by atoms with E-state index in [-0.39, 0.29) is 5.41 Å². The van der Waals surface area contributed by atoms with E-state index in [1.807, 2.05) is 30.3 Å². The average Bonchev–Trinajstić information content (AvgIpc) is 2.60. The number of hydrogen-bond donors (Lipinski definition) is 1. The molecule has 4 heteroatoms. The monoisotopic (exact) mass is 345 g/mol. The fourth-order valence-corrected chi connectivity index (χ4v) is 3.59. The van der Waals surface area contributed by atoms with Gasteiger partial charge >= 0.3 is 0 Å². The first kappa shape index (κ1) is 18.7. The second-order valence-electron chi connectivity index (χ2n) is 6.75. The van der Waals surface area contributed by atoms with Gasteiger partial charge in [0.2, 0.25) is 10.0 Å². The van der Waals surface area contributed by atoms with Crippen molar-refractivity contribution in [3.8, 4) is 0 Å². The van der Waals surface area contributed by atoms with E-state index < -0.39 is 10.0 Å². The van der Waals surface area contributed by atoms with E-state index in [0.29, 0.717) is 11.4 Å². The predicted molar refractivity (Wildman–Crippen MR) is 99.7 cm³/mol. The molecule has 0 unspecified atom stereocenters. The standard InChI is InChI=1S/C20H27NO2S/c1-4-20(2,3)18-12-14-19(15-13-18)24(22,23)21-16-8-11-17-9-6-5-7-10-17/h5-7,9-10,12-15,21H,4,8,11,16H2,1-3H3. The van der Waals surface area contributed by atoms with Crippen LogP contribution in [0.1, 0.15) is 44.7 Å². The highest BCUT2D eigenvalue weighted by Gasteiger charge is 2.19. The molecule has 0 bridgehead atoms. The van der Waals surface area contributed by atoms with Crippen LogP contribution < -0.4 is 4.72 Å². The highest BCUT2D eigenvalue weighted by atomic mass is 32.2. The molecule has 0 aromatic heterocycles. The Bertz CT molecular complexity index is 735. The van der Waals surface area contributed by atoms with Gasteiger partial charge in [0.05, 0.1) is 4.90 Å². The molecule has 0 aliphatic carbocycles. The molecular formula is C20H27NO2S. The normalized spacial score (nSPS) is 12.3. The second-order valence-corrected chi connectivity index (χ2v) is 8.52. The minimum absolute atomic E-state index is 0.0609. The summed E-state index contributed by atoms with van der Waals surface area (Å²) in [5, 5.41) is 0. The van der Waals surface area contributed by atoms with Crippen LogP contribution in [-0.2, 0) is 21.9 Å². The van der Waals surface area contributed by atoms with Gasteiger partial charge in [0.1, 0.15) is 0 Å². The zero-order valence-corrected chi connectivity index (χ0v) is 15.6. The van der Waals surface area contributed by atoms with Gasteiger partial charge in [0, 0.05) is 6.54 Å². The highest BCUT2D eigenvalue weighted by molar-refractivity contribution is 7.89. The lowest BCUT2D eigenvalue weighted by molar-refractivity contribution is 0.505. The quantitative estimate of drug-likeness (QED) is 0.726. The largest absolute Gasteiger partial charge is 0.240 e. The van der Waals surface area contributed by atoms with Gasteiger partial charge in [-0.15, -0.1) is 0 Å². The summed E-state index contributed by atoms with van der Waals surface area (Å²) in [4.78, 5) is 0.331. The predicted octanol–water partition coefficient (Wildman–Crippen LogP) is 4.29. The Kier molecular flexibility index (Phi) is 6.19. The van der Waals surface area contributed by atoms with Crippen molar-refractivity contribution in [2.24, 2.45) is 0 Å². The van der Waals surface area contributed by atoms with Crippen molar-refractivity contribution in [3.05, 3.63) is 65.7 Å². The molecule has 0 aliphatic heterocycles. The lowest BCUT2D eigenvalue weighted by atomic mass is 9.82. The van der Waals surface area contributed by atoms with Crippen LogP contribution >= 0.6 is 0 Å². The molecular weight excluding hydrogens is 318 g/mol. The van der Waals surface area contributed by atoms with E-state index in [4.69, 9.17) is 0 Å². The van der Waals surface area contributed by atoms with Crippen molar-refractivity contribution in [2.75, 3.05) is 6.54 Å². The molecule has 0 saturated heterocycles. The lowest BCUT2D eigenvalue weighted by Crippen LogP contribution is -2.25. The van der Waals surface area contributed by atoms with Gasteiger partial charge in [-0.05, 0) is 47.9 Å². The van der Waals surface area contributed by atoms with Gasteiger partial charge in [-0.2, -0.15) is 0 Å². The summed E-state index contributed by atoms with van der Waals surface area (Å²) in [7, 11) is -3.43. The fraction of sp³-hybridized carbons (Fsp3) is 0.400. The molecule has 0 radical (unpaired) electrons. The number of aryl methyl sites for hydroxylation is 1. The maximum Gasteiger partial charge on any atom is 0.240 e. The molecule has 3 nitrogen and oxygen atoms in total. The number of benzene rings is 2. The van der Waals surface area contributed by atoms with E-state index in [2.05, 4.69) is 37.6 Å². The van der Waals surface area contributed by atoms with Crippen LogP contribution in [0.3, 0.4) is 0 Å². The Labute approximate surface area is 146 Å². The molecule has 0 saturated carbocycles. The third kappa shape index (κ3) is 4.92. The van der Waals surface area contributed by atoms with E-state index in [1.165, 1.54) is 5.56 Å². The van der Waals surface area contributed by atoms with Gasteiger partial charge in [-0.25, -0.2) is 13.1 Å². The third-order valence-electron chi connectivity index (χ3n) is 4.61. The van der Waals surface area contributed by atoms with Crippen LogP contribution in [0.2, 0.25) is 0 Å². The van der Waals surface area contributed by atoms with Crippen molar-refractivity contribution < 1.29 is 8.42 Å². The van der Waals surface area contributed by atoms with Gasteiger partial charge in [-0.3, -0.25) is 0 Å². The Morgan fingerprint density at radius 2 is 1.58 bits per heavy atom. The molecule has 0 heterocycles. The summed E-state index contributed by atoms with van der Waals surface area (Å²) in [6.45, 7) is 6.91. The first-order valence-electron chi connectivity index (χ1n) is 8.49. The van der Waals surface area contributed by atoms with Crippen LogP contribution in [0.5, 0.6) is 0 Å². The van der Waals surface area contributed by atoms with E-state index in [0.717, 1.165) is 24.8 Å². The van der Waals surface area contributed by atoms with Crippen molar-refractivity contribution in [1.82, 2.24) is 4.72 Å². The Balaban J connectivity index is 1.93. The number of sulfonamides is 1. The number of rotatable bonds is 8. The molecule has 130 valence electrons. The minimum Gasteiger partial charge on any atom is -0.211 e. The van der Waals surface area contributed by atoms with Gasteiger partial charge < -0.3 is 0 Å². The summed E-state index contributed by atoms with van der Waals surface area (Å²) < 4.78 is 27.4. The van der Waals surface area contributed by atoms with Crippen LogP contribution in [-0.4, -0.2) is 15.0 Å². The topological polar surface area (TPSA) is 46.2 Å². The summed E-state index contributed by atoms with van der Waals surface area (Å²) >= 11 is 0. The van der Waals surface area contributed by atoms with Crippen LogP contribution in [0, 0.1) is 0 Å². The van der Waals surface area contributed by atoms with E-state index in [1.54, 1.807) is 12.1 Å². The Hall–Kier alpha value is -1.65. The van der Waals surface area contributed by atoms with Crippen LogP contribution in [0.25, 0.3) is 0 Å². The number of nitrogens with one attached hydrogen (secondary N) is 1. The summed E-state index contributed by atoms with van der Waals surface area (Å²) in [6, 6.07) is 17.3. The van der Waals surface area contributed by atoms with Gasteiger partial charge in [-0.1, -0.05) is 63.2 Å². The zero-order chi connectivity index (χ0) is 17.6. The first-order chi connectivity index (χ1) is 11.3. The number of hydrogen-bond acceptors (Lipinski definition) is 2. The Morgan fingerprint density at radius 1 is 0.958 bits per heavy atom. The Morgan fingerprint density at radius 3 is 2.17 bits per heavy atom. The average molecular weight is 346 g/mol. The van der Waals surface area contributed by atoms with E-state index in [9.17, 15) is 8.42 Å². The molecule has 1 N–H and O–H groups in total. The summed E-state index contributed by atoms with van der Waals surface area (Å²) in [5.74, 6) is 0. The van der Waals surface area contributed by atoms with E-state index >= 15 is 0 Å². The first-order valence-corrected chi connectivity index (χ1v) is 9.97. The molecule has 0 aliphatic rings. The second kappa shape index (κ2) is 7.95. The van der Waals surface area contributed by atoms with Crippen molar-refractivity contribution in [1.29, 1.82) is 0 Å². The molecule has 0 spiro atoms. The van der Waals surface area contributed by atoms with Gasteiger partial charge in [0.25, 0.3) is 0 Å². The third-order valence-corrected chi connectivity index (χ3v) is 6.08. The minimum atomic E-state index is -3.43. The van der Waals surface area contributed by atoms with Gasteiger partial charge in [0.15, 0.2) is 0 Å². The van der Waals surface area contributed by atoms with Crippen molar-refractivity contribution in [3.63, 3.8) is 0 Å². The summed E-state index contributed by atoms with van der Waals surface area (Å²) in [5.41, 5.74) is 2.45. The highest BCUT2D eigenvalue weighted by Crippen LogP contribution is 2.27. The smallest absolute Gasteiger partial charge is 0.211 e. The molecule has 0 fully saturated rings. The van der Waals surface area contributed by atoms with Crippen LogP contribution in [0.15, 0.2) is 59.5 Å². The molecule has 2 aromatic carbocycles. The fourth-order valence-electron chi connectivity index (χ4n) is 2.52. The van der Waals surface area contributed by atoms with Crippen LogP contribution in [0.4, 0.5) is 0 Å². The summed E-state index contributed by atoms with van der Waals surface area (Å²) in [6.07, 6.45) is 2.66. The molecule has 0 atom stereocenters. The molecule has 2 aromatic rings.